The molecule has 7 heteroatoms. The van der Waals surface area contributed by atoms with Crippen LogP contribution in [0.1, 0.15) is 40.5 Å². The molecule has 4 rings (SSSR count). The second-order valence-electron chi connectivity index (χ2n) is 8.57. The minimum Gasteiger partial charge on any atom is -0.459 e. The Labute approximate surface area is 158 Å². The molecule has 0 aromatic rings. The van der Waals surface area contributed by atoms with Crippen LogP contribution in [0.25, 0.3) is 0 Å². The highest BCUT2D eigenvalue weighted by Crippen LogP contribution is 2.62. The van der Waals surface area contributed by atoms with E-state index < -0.39 is 52.8 Å². The van der Waals surface area contributed by atoms with Crippen molar-refractivity contribution in [3.63, 3.8) is 0 Å². The zero-order valence-corrected chi connectivity index (χ0v) is 16.1. The van der Waals surface area contributed by atoms with Crippen LogP contribution in [0, 0.1) is 17.8 Å². The topological polar surface area (TPSA) is 91.3 Å². The zero-order chi connectivity index (χ0) is 19.8. The number of rotatable bonds is 3. The predicted molar refractivity (Wildman–Crippen MR) is 93.0 cm³/mol. The van der Waals surface area contributed by atoms with E-state index in [1.807, 2.05) is 19.9 Å². The molecule has 1 N–H and O–H groups in total. The molecule has 7 nitrogen and oxygen atoms in total. The van der Waals surface area contributed by atoms with Crippen LogP contribution in [0.2, 0.25) is 0 Å². The maximum atomic E-state index is 12.5. The van der Waals surface area contributed by atoms with Gasteiger partial charge in [-0.15, -0.1) is 0 Å². The number of carbonyl (C=O) groups excluding carboxylic acids is 2. The van der Waals surface area contributed by atoms with Gasteiger partial charge in [0.15, 0.2) is 5.60 Å². The van der Waals surface area contributed by atoms with Gasteiger partial charge < -0.3 is 14.6 Å². The average Bonchev–Trinajstić information content (AvgIpc) is 3.18. The SMILES string of the molecule is C=C1C(=O)O[C@@H]2[C@@H]3[C@@]4(C)C=C[C@@]3(OO4)[C@](C)(O)[C@H](OC(=O)[C@H](C)CC)C[C@@H]12. The molecule has 148 valence electrons. The third kappa shape index (κ3) is 2.25. The molecule has 2 aliphatic carbocycles. The lowest BCUT2D eigenvalue weighted by atomic mass is 9.70. The number of ether oxygens (including phenoxy) is 2. The molecular formula is C20H26O7. The molecule has 0 radical (unpaired) electrons. The number of hydrogen-bond donors (Lipinski definition) is 1. The van der Waals surface area contributed by atoms with E-state index in [2.05, 4.69) is 6.58 Å². The van der Waals surface area contributed by atoms with Crippen molar-refractivity contribution in [3.8, 4) is 0 Å². The molecule has 0 unspecified atom stereocenters. The highest BCUT2D eigenvalue weighted by Gasteiger charge is 2.76. The summed E-state index contributed by atoms with van der Waals surface area (Å²) in [6.07, 6.45) is 2.95. The van der Waals surface area contributed by atoms with Crippen molar-refractivity contribution >= 4 is 11.9 Å². The molecule has 2 saturated heterocycles. The van der Waals surface area contributed by atoms with Gasteiger partial charge in [0, 0.05) is 11.5 Å². The fourth-order valence-corrected chi connectivity index (χ4v) is 4.88. The van der Waals surface area contributed by atoms with Gasteiger partial charge in [0.2, 0.25) is 0 Å². The van der Waals surface area contributed by atoms with Crippen molar-refractivity contribution in [3.05, 3.63) is 24.3 Å². The first-order chi connectivity index (χ1) is 12.6. The maximum Gasteiger partial charge on any atom is 0.334 e. The Balaban J connectivity index is 1.79. The number of carbonyl (C=O) groups is 2. The van der Waals surface area contributed by atoms with Crippen LogP contribution >= 0.6 is 0 Å². The molecule has 2 aliphatic heterocycles. The lowest BCUT2D eigenvalue weighted by Gasteiger charge is -2.43. The summed E-state index contributed by atoms with van der Waals surface area (Å²) in [6, 6.07) is 0. The van der Waals surface area contributed by atoms with Crippen LogP contribution in [0.15, 0.2) is 24.3 Å². The first-order valence-corrected chi connectivity index (χ1v) is 9.47. The van der Waals surface area contributed by atoms with Crippen LogP contribution < -0.4 is 0 Å². The second kappa shape index (κ2) is 5.65. The van der Waals surface area contributed by atoms with Gasteiger partial charge in [-0.1, -0.05) is 26.5 Å². The zero-order valence-electron chi connectivity index (χ0n) is 16.1. The number of esters is 2. The summed E-state index contributed by atoms with van der Waals surface area (Å²) in [7, 11) is 0. The Morgan fingerprint density at radius 1 is 1.41 bits per heavy atom. The van der Waals surface area contributed by atoms with Crippen molar-refractivity contribution in [1.82, 2.24) is 0 Å². The first kappa shape index (κ1) is 18.7. The van der Waals surface area contributed by atoms with E-state index in [9.17, 15) is 14.7 Å². The van der Waals surface area contributed by atoms with E-state index in [4.69, 9.17) is 19.2 Å². The monoisotopic (exact) mass is 378 g/mol. The Kier molecular flexibility index (Phi) is 3.91. The van der Waals surface area contributed by atoms with Gasteiger partial charge in [0.25, 0.3) is 0 Å². The summed E-state index contributed by atoms with van der Waals surface area (Å²) in [6.45, 7) is 11.0. The lowest BCUT2D eigenvalue weighted by Crippen LogP contribution is -2.62. The average molecular weight is 378 g/mol. The van der Waals surface area contributed by atoms with Crippen molar-refractivity contribution in [1.29, 1.82) is 0 Å². The van der Waals surface area contributed by atoms with E-state index in [0.717, 1.165) is 0 Å². The highest BCUT2D eigenvalue weighted by molar-refractivity contribution is 5.91. The van der Waals surface area contributed by atoms with Crippen LogP contribution in [-0.4, -0.2) is 46.1 Å². The van der Waals surface area contributed by atoms with Crippen LogP contribution in [0.3, 0.4) is 0 Å². The molecule has 27 heavy (non-hydrogen) atoms. The Hall–Kier alpha value is -1.70. The fourth-order valence-electron chi connectivity index (χ4n) is 4.88. The molecular weight excluding hydrogens is 352 g/mol. The number of aliphatic hydroxyl groups is 1. The molecule has 0 amide bonds. The van der Waals surface area contributed by atoms with E-state index in [1.54, 1.807) is 19.9 Å². The largest absolute Gasteiger partial charge is 0.459 e. The van der Waals surface area contributed by atoms with Crippen molar-refractivity contribution in [2.24, 2.45) is 17.8 Å². The Morgan fingerprint density at radius 3 is 2.70 bits per heavy atom. The highest BCUT2D eigenvalue weighted by atomic mass is 17.2. The van der Waals surface area contributed by atoms with E-state index in [-0.39, 0.29) is 12.3 Å². The van der Waals surface area contributed by atoms with Gasteiger partial charge in [-0.2, -0.15) is 0 Å². The predicted octanol–water partition coefficient (Wildman–Crippen LogP) is 1.84. The summed E-state index contributed by atoms with van der Waals surface area (Å²) in [4.78, 5) is 36.0. The van der Waals surface area contributed by atoms with Gasteiger partial charge in [-0.3, -0.25) is 4.79 Å². The van der Waals surface area contributed by atoms with Crippen LogP contribution in [0.5, 0.6) is 0 Å². The van der Waals surface area contributed by atoms with Crippen molar-refractivity contribution < 1.29 is 33.9 Å². The third-order valence-corrected chi connectivity index (χ3v) is 6.94. The molecule has 0 spiro atoms. The summed E-state index contributed by atoms with van der Waals surface area (Å²) < 4.78 is 11.4. The van der Waals surface area contributed by atoms with Gasteiger partial charge >= 0.3 is 11.9 Å². The summed E-state index contributed by atoms with van der Waals surface area (Å²) in [5, 5.41) is 11.6. The standard InChI is InChI=1S/C20H26O7/c1-6-10(2)16(21)24-13-9-12-11(3)17(22)25-14(12)15-18(4)7-8-20(15,27-26-18)19(13,5)23/h7-8,10,12-15,23H,3,6,9H2,1-2,4-5H3/t10-,12+,13-,14+,15-,18-,19-,20+/m1/s1. The third-order valence-electron chi connectivity index (χ3n) is 6.94. The molecule has 0 aromatic carbocycles. The summed E-state index contributed by atoms with van der Waals surface area (Å²) in [5.41, 5.74) is -3.39. The number of fused-ring (bicyclic) bond motifs is 1. The van der Waals surface area contributed by atoms with Crippen molar-refractivity contribution in [2.75, 3.05) is 0 Å². The molecule has 1 saturated carbocycles. The molecule has 4 aliphatic rings. The minimum atomic E-state index is -1.58. The molecule has 0 aromatic heterocycles. The van der Waals surface area contributed by atoms with Gasteiger partial charge in [-0.25, -0.2) is 14.6 Å². The van der Waals surface area contributed by atoms with E-state index in [0.29, 0.717) is 12.0 Å². The lowest BCUT2D eigenvalue weighted by molar-refractivity contribution is -0.366. The molecule has 2 bridgehead atoms. The van der Waals surface area contributed by atoms with E-state index >= 15 is 0 Å². The molecule has 3 fully saturated rings. The van der Waals surface area contributed by atoms with E-state index in [1.165, 1.54) is 0 Å². The Bertz CT molecular complexity index is 741. The van der Waals surface area contributed by atoms with Crippen LogP contribution in [0.4, 0.5) is 0 Å². The molecule has 8 atom stereocenters. The van der Waals surface area contributed by atoms with Gasteiger partial charge in [0.1, 0.15) is 23.4 Å². The minimum absolute atomic E-state index is 0.232. The fraction of sp³-hybridized carbons (Fsp3) is 0.700. The summed E-state index contributed by atoms with van der Waals surface area (Å²) in [5.74, 6) is -2.03. The second-order valence-corrected chi connectivity index (χ2v) is 8.57. The smallest absolute Gasteiger partial charge is 0.334 e. The van der Waals surface area contributed by atoms with Crippen LogP contribution in [-0.2, 0) is 28.8 Å². The maximum absolute atomic E-state index is 12.5. The quantitative estimate of drug-likeness (QED) is 0.347. The van der Waals surface area contributed by atoms with Gasteiger partial charge in [0.05, 0.1) is 11.8 Å². The van der Waals surface area contributed by atoms with Crippen molar-refractivity contribution in [2.45, 2.75) is 69.5 Å². The Morgan fingerprint density at radius 2 is 2.11 bits per heavy atom. The van der Waals surface area contributed by atoms with Gasteiger partial charge in [-0.05, 0) is 32.8 Å². The summed E-state index contributed by atoms with van der Waals surface area (Å²) >= 11 is 0. The number of hydrogen-bond acceptors (Lipinski definition) is 7. The first-order valence-electron chi connectivity index (χ1n) is 9.47. The molecule has 2 heterocycles. The normalized spacial score (nSPS) is 48.6.